The average molecular weight is 375 g/mol. The summed E-state index contributed by atoms with van der Waals surface area (Å²) in [7, 11) is -2.12. The minimum atomic E-state index is -3.49. The summed E-state index contributed by atoms with van der Waals surface area (Å²) in [6, 6.07) is 16.4. The molecule has 0 aliphatic carbocycles. The topological polar surface area (TPSA) is 87.3 Å². The van der Waals surface area contributed by atoms with E-state index >= 15 is 0 Å². The van der Waals surface area contributed by atoms with Gasteiger partial charge in [0, 0.05) is 12.6 Å². The summed E-state index contributed by atoms with van der Waals surface area (Å²) in [5, 5.41) is 5.66. The number of carbonyl (C=O) groups is 1. The zero-order valence-corrected chi connectivity index (χ0v) is 15.8. The van der Waals surface area contributed by atoms with E-state index in [2.05, 4.69) is 27.5 Å². The molecule has 2 aromatic rings. The largest absolute Gasteiger partial charge is 0.336 e. The molecule has 0 aromatic heterocycles. The van der Waals surface area contributed by atoms with Crippen molar-refractivity contribution < 1.29 is 13.2 Å². The molecule has 0 radical (unpaired) electrons. The fraction of sp³-hybridized carbons (Fsp3) is 0.316. The van der Waals surface area contributed by atoms with Crippen LogP contribution in [0.5, 0.6) is 0 Å². The Kier molecular flexibility index (Phi) is 7.17. The van der Waals surface area contributed by atoms with E-state index < -0.39 is 10.0 Å². The van der Waals surface area contributed by atoms with E-state index in [0.29, 0.717) is 5.56 Å². The molecular formula is C19H25N3O3S. The van der Waals surface area contributed by atoms with E-state index in [0.717, 1.165) is 12.8 Å². The Labute approximate surface area is 155 Å². The van der Waals surface area contributed by atoms with Gasteiger partial charge in [0.05, 0.1) is 4.90 Å². The maximum Gasteiger partial charge on any atom is 0.315 e. The highest BCUT2D eigenvalue weighted by molar-refractivity contribution is 7.89. The lowest BCUT2D eigenvalue weighted by Crippen LogP contribution is -2.40. The Hall–Kier alpha value is -2.38. The minimum Gasteiger partial charge on any atom is -0.336 e. The molecule has 6 nitrogen and oxygen atoms in total. The normalized spacial score (nSPS) is 12.4. The summed E-state index contributed by atoms with van der Waals surface area (Å²) < 4.78 is 25.9. The quantitative estimate of drug-likeness (QED) is 0.662. The van der Waals surface area contributed by atoms with Crippen molar-refractivity contribution in [2.75, 3.05) is 7.05 Å². The highest BCUT2D eigenvalue weighted by Crippen LogP contribution is 2.11. The van der Waals surface area contributed by atoms with Crippen LogP contribution in [0.4, 0.5) is 4.79 Å². The van der Waals surface area contributed by atoms with Crippen LogP contribution in [0.15, 0.2) is 59.5 Å². The third-order valence-electron chi connectivity index (χ3n) is 4.02. The summed E-state index contributed by atoms with van der Waals surface area (Å²) in [4.78, 5) is 12.2. The van der Waals surface area contributed by atoms with Crippen LogP contribution >= 0.6 is 0 Å². The lowest BCUT2D eigenvalue weighted by atomic mass is 10.1. The molecule has 0 heterocycles. The standard InChI is InChI=1S/C19H25N3O3S/c1-15(11-12-16-7-4-3-5-8-16)22-19(23)21-14-17-9-6-10-18(13-17)26(24,25)20-2/h3-10,13,15,20H,11-12,14H2,1-2H3,(H2,21,22,23). The molecule has 2 aromatic carbocycles. The van der Waals surface area contributed by atoms with Crippen LogP contribution in [0, 0.1) is 0 Å². The summed E-state index contributed by atoms with van der Waals surface area (Å²) >= 11 is 0. The zero-order valence-electron chi connectivity index (χ0n) is 15.0. The molecule has 0 fully saturated rings. The Morgan fingerprint density at radius 1 is 1.04 bits per heavy atom. The molecular weight excluding hydrogens is 350 g/mol. The van der Waals surface area contributed by atoms with Crippen LogP contribution in [-0.4, -0.2) is 27.5 Å². The molecule has 140 valence electrons. The van der Waals surface area contributed by atoms with Gasteiger partial charge in [-0.05, 0) is 50.1 Å². The number of sulfonamides is 1. The van der Waals surface area contributed by atoms with E-state index in [-0.39, 0.29) is 23.5 Å². The molecule has 0 aliphatic rings. The Balaban J connectivity index is 1.80. The van der Waals surface area contributed by atoms with Crippen molar-refractivity contribution in [1.29, 1.82) is 0 Å². The number of rotatable bonds is 8. The lowest BCUT2D eigenvalue weighted by molar-refractivity contribution is 0.237. The van der Waals surface area contributed by atoms with E-state index in [9.17, 15) is 13.2 Å². The van der Waals surface area contributed by atoms with Gasteiger partial charge in [-0.15, -0.1) is 0 Å². The first-order chi connectivity index (χ1) is 12.4. The van der Waals surface area contributed by atoms with Gasteiger partial charge in [0.1, 0.15) is 0 Å². The first kappa shape index (κ1) is 19.9. The molecule has 26 heavy (non-hydrogen) atoms. The Morgan fingerprint density at radius 2 is 1.73 bits per heavy atom. The van der Waals surface area contributed by atoms with Gasteiger partial charge in [0.2, 0.25) is 10.0 Å². The summed E-state index contributed by atoms with van der Waals surface area (Å²) in [5.74, 6) is 0. The van der Waals surface area contributed by atoms with Gasteiger partial charge < -0.3 is 10.6 Å². The molecule has 0 bridgehead atoms. The number of aryl methyl sites for hydroxylation is 1. The van der Waals surface area contributed by atoms with Crippen LogP contribution in [0.1, 0.15) is 24.5 Å². The van der Waals surface area contributed by atoms with Crippen molar-refractivity contribution in [1.82, 2.24) is 15.4 Å². The van der Waals surface area contributed by atoms with E-state index in [1.807, 2.05) is 25.1 Å². The van der Waals surface area contributed by atoms with Gasteiger partial charge in [-0.1, -0.05) is 42.5 Å². The molecule has 0 aliphatic heterocycles. The van der Waals surface area contributed by atoms with E-state index in [1.54, 1.807) is 18.2 Å². The van der Waals surface area contributed by atoms with Gasteiger partial charge in [-0.3, -0.25) is 0 Å². The minimum absolute atomic E-state index is 0.0335. The van der Waals surface area contributed by atoms with E-state index in [1.165, 1.54) is 18.7 Å². The molecule has 1 unspecified atom stereocenters. The SMILES string of the molecule is CNS(=O)(=O)c1cccc(CNC(=O)NC(C)CCc2ccccc2)c1. The average Bonchev–Trinajstić information content (AvgIpc) is 2.66. The summed E-state index contributed by atoms with van der Waals surface area (Å²) in [5.41, 5.74) is 1.96. The lowest BCUT2D eigenvalue weighted by Gasteiger charge is -2.15. The van der Waals surface area contributed by atoms with Gasteiger partial charge in [0.15, 0.2) is 0 Å². The van der Waals surface area contributed by atoms with E-state index in [4.69, 9.17) is 0 Å². The van der Waals surface area contributed by atoms with Crippen molar-refractivity contribution >= 4 is 16.1 Å². The number of benzene rings is 2. The molecule has 0 saturated heterocycles. The van der Waals surface area contributed by atoms with Crippen molar-refractivity contribution in [2.45, 2.75) is 37.2 Å². The highest BCUT2D eigenvalue weighted by Gasteiger charge is 2.12. The number of carbonyl (C=O) groups excluding carboxylic acids is 1. The van der Waals surface area contributed by atoms with Crippen molar-refractivity contribution in [3.05, 3.63) is 65.7 Å². The van der Waals surface area contributed by atoms with Gasteiger partial charge in [-0.25, -0.2) is 17.9 Å². The highest BCUT2D eigenvalue weighted by atomic mass is 32.2. The van der Waals surface area contributed by atoms with Crippen LogP contribution in [0.2, 0.25) is 0 Å². The first-order valence-corrected chi connectivity index (χ1v) is 10.00. The smallest absolute Gasteiger partial charge is 0.315 e. The molecule has 1 atom stereocenters. The zero-order chi connectivity index (χ0) is 19.0. The van der Waals surface area contributed by atoms with Gasteiger partial charge in [0.25, 0.3) is 0 Å². The van der Waals surface area contributed by atoms with Crippen LogP contribution < -0.4 is 15.4 Å². The van der Waals surface area contributed by atoms with Crippen LogP contribution in [0.25, 0.3) is 0 Å². The molecule has 0 spiro atoms. The summed E-state index contributed by atoms with van der Waals surface area (Å²) in [6.07, 6.45) is 1.74. The fourth-order valence-electron chi connectivity index (χ4n) is 2.50. The fourth-order valence-corrected chi connectivity index (χ4v) is 3.30. The number of amides is 2. The molecule has 0 saturated carbocycles. The molecule has 7 heteroatoms. The third-order valence-corrected chi connectivity index (χ3v) is 5.43. The number of nitrogens with one attached hydrogen (secondary N) is 3. The maximum atomic E-state index is 12.0. The Morgan fingerprint density at radius 3 is 2.42 bits per heavy atom. The molecule has 2 rings (SSSR count). The van der Waals surface area contributed by atoms with Crippen LogP contribution in [-0.2, 0) is 23.0 Å². The molecule has 3 N–H and O–H groups in total. The molecule has 2 amide bonds. The first-order valence-electron chi connectivity index (χ1n) is 8.51. The number of hydrogen-bond donors (Lipinski definition) is 3. The van der Waals surface area contributed by atoms with Crippen molar-refractivity contribution in [3.8, 4) is 0 Å². The third kappa shape index (κ3) is 6.16. The number of hydrogen-bond acceptors (Lipinski definition) is 3. The summed E-state index contributed by atoms with van der Waals surface area (Å²) in [6.45, 7) is 2.22. The van der Waals surface area contributed by atoms with Crippen LogP contribution in [0.3, 0.4) is 0 Å². The van der Waals surface area contributed by atoms with Gasteiger partial charge in [-0.2, -0.15) is 0 Å². The predicted octanol–water partition coefficient (Wildman–Crippen LogP) is 2.42. The second-order valence-electron chi connectivity index (χ2n) is 6.11. The monoisotopic (exact) mass is 375 g/mol. The Bertz CT molecular complexity index is 823. The second-order valence-corrected chi connectivity index (χ2v) is 7.99. The van der Waals surface area contributed by atoms with Crippen molar-refractivity contribution in [2.24, 2.45) is 0 Å². The predicted molar refractivity (Wildman–Crippen MR) is 102 cm³/mol. The second kappa shape index (κ2) is 9.35. The number of urea groups is 1. The van der Waals surface area contributed by atoms with Crippen molar-refractivity contribution in [3.63, 3.8) is 0 Å². The maximum absolute atomic E-state index is 12.0. The van der Waals surface area contributed by atoms with Gasteiger partial charge >= 0.3 is 6.03 Å².